The van der Waals surface area contributed by atoms with Crippen molar-refractivity contribution in [3.05, 3.63) is 64.3 Å². The van der Waals surface area contributed by atoms with Gasteiger partial charge in [0.2, 0.25) is 5.75 Å². The van der Waals surface area contributed by atoms with E-state index in [9.17, 15) is 20.0 Å². The van der Waals surface area contributed by atoms with Gasteiger partial charge in [-0.3, -0.25) is 15.1 Å². The van der Waals surface area contributed by atoms with Crippen molar-refractivity contribution < 1.29 is 29.4 Å². The number of phenolic OH excluding ortho intramolecular Hbond substituents is 1. The molecule has 0 atom stereocenters. The average molecular weight is 372 g/mol. The molecule has 1 heterocycles. The molecule has 0 radical (unpaired) electrons. The highest BCUT2D eigenvalue weighted by molar-refractivity contribution is 5.88. The number of carboxylic acids is 1. The standard InChI is InChI=1S/C9H6N2O3.C9H10O4/c12-9-7(11(13)14)4-3-6-2-1-5-10-8(6)9;1-12-7-4-3-6(9(10)11)5-8(7)13-2/h1-5,12H;3-5H,1-2H3,(H,10,11). The fraction of sp³-hybridized carbons (Fsp3) is 0.111. The first-order chi connectivity index (χ1) is 12.9. The van der Waals surface area contributed by atoms with Gasteiger partial charge in [-0.05, 0) is 30.3 Å². The molecule has 27 heavy (non-hydrogen) atoms. The number of nitrogens with zero attached hydrogens (tertiary/aromatic N) is 2. The summed E-state index contributed by atoms with van der Waals surface area (Å²) in [5.74, 6) is -0.427. The van der Waals surface area contributed by atoms with Crippen molar-refractivity contribution in [2.75, 3.05) is 14.2 Å². The fourth-order valence-corrected chi connectivity index (χ4v) is 2.24. The number of methoxy groups -OCH3 is 2. The van der Waals surface area contributed by atoms with E-state index in [0.29, 0.717) is 16.9 Å². The molecule has 0 aliphatic rings. The molecular weight excluding hydrogens is 356 g/mol. The Hall–Kier alpha value is -3.88. The van der Waals surface area contributed by atoms with Crippen LogP contribution in [0.4, 0.5) is 5.69 Å². The minimum atomic E-state index is -0.985. The van der Waals surface area contributed by atoms with Crippen LogP contribution in [0.3, 0.4) is 0 Å². The third-order valence-electron chi connectivity index (χ3n) is 3.55. The summed E-state index contributed by atoms with van der Waals surface area (Å²) in [6.07, 6.45) is 1.48. The van der Waals surface area contributed by atoms with Crippen LogP contribution in [-0.2, 0) is 0 Å². The Balaban J connectivity index is 0.000000194. The summed E-state index contributed by atoms with van der Waals surface area (Å²) in [4.78, 5) is 24.3. The number of nitro benzene ring substituents is 1. The van der Waals surface area contributed by atoms with Gasteiger partial charge in [-0.15, -0.1) is 0 Å². The number of fused-ring (bicyclic) bond motifs is 1. The van der Waals surface area contributed by atoms with Gasteiger partial charge < -0.3 is 19.7 Å². The second kappa shape index (κ2) is 8.48. The third kappa shape index (κ3) is 4.40. The molecule has 1 aromatic heterocycles. The molecule has 9 heteroatoms. The van der Waals surface area contributed by atoms with Crippen LogP contribution in [0.25, 0.3) is 10.9 Å². The van der Waals surface area contributed by atoms with Crippen LogP contribution < -0.4 is 9.47 Å². The molecular formula is C18H16N2O7. The maximum Gasteiger partial charge on any atom is 0.335 e. The summed E-state index contributed by atoms with van der Waals surface area (Å²) in [6, 6.07) is 10.7. The Morgan fingerprint density at radius 2 is 1.81 bits per heavy atom. The molecule has 9 nitrogen and oxygen atoms in total. The number of benzene rings is 2. The molecule has 0 fully saturated rings. The first-order valence-corrected chi connectivity index (χ1v) is 7.55. The van der Waals surface area contributed by atoms with E-state index < -0.39 is 10.9 Å². The summed E-state index contributed by atoms with van der Waals surface area (Å²) in [7, 11) is 2.96. The van der Waals surface area contributed by atoms with E-state index in [1.54, 1.807) is 24.3 Å². The zero-order valence-electron chi connectivity index (χ0n) is 14.4. The first-order valence-electron chi connectivity index (χ1n) is 7.55. The molecule has 3 aromatic rings. The number of rotatable bonds is 4. The van der Waals surface area contributed by atoms with Crippen molar-refractivity contribution in [3.8, 4) is 17.2 Å². The van der Waals surface area contributed by atoms with Gasteiger partial charge in [0.25, 0.3) is 0 Å². The normalized spacial score (nSPS) is 9.85. The molecule has 0 spiro atoms. The lowest BCUT2D eigenvalue weighted by Gasteiger charge is -2.07. The molecule has 2 aromatic carbocycles. The third-order valence-corrected chi connectivity index (χ3v) is 3.55. The van der Waals surface area contributed by atoms with Crippen molar-refractivity contribution in [1.29, 1.82) is 0 Å². The van der Waals surface area contributed by atoms with Gasteiger partial charge in [-0.1, -0.05) is 6.07 Å². The molecule has 2 N–H and O–H groups in total. The van der Waals surface area contributed by atoms with Gasteiger partial charge in [-0.2, -0.15) is 0 Å². The van der Waals surface area contributed by atoms with Crippen molar-refractivity contribution in [3.63, 3.8) is 0 Å². The predicted molar refractivity (Wildman–Crippen MR) is 96.6 cm³/mol. The molecule has 0 saturated heterocycles. The number of carboxylic acid groups (broad SMARTS) is 1. The van der Waals surface area contributed by atoms with E-state index in [1.165, 1.54) is 38.6 Å². The highest BCUT2D eigenvalue weighted by atomic mass is 16.6. The van der Waals surface area contributed by atoms with Crippen LogP contribution >= 0.6 is 0 Å². The Morgan fingerprint density at radius 3 is 2.41 bits per heavy atom. The van der Waals surface area contributed by atoms with E-state index in [1.807, 2.05) is 0 Å². The SMILES string of the molecule is COc1ccc(C(=O)O)cc1OC.O=[N+]([O-])c1ccc2cccnc2c1O. The number of aromatic hydroxyl groups is 1. The topological polar surface area (TPSA) is 132 Å². The quantitative estimate of drug-likeness (QED) is 0.527. The van der Waals surface area contributed by atoms with Crippen molar-refractivity contribution in [2.24, 2.45) is 0 Å². The zero-order chi connectivity index (χ0) is 20.0. The molecule has 0 amide bonds. The summed E-state index contributed by atoms with van der Waals surface area (Å²) >= 11 is 0. The molecule has 0 aliphatic heterocycles. The Bertz CT molecular complexity index is 989. The lowest BCUT2D eigenvalue weighted by Crippen LogP contribution is -1.98. The number of ether oxygens (including phenoxy) is 2. The number of carbonyl (C=O) groups is 1. The van der Waals surface area contributed by atoms with Crippen molar-refractivity contribution in [2.45, 2.75) is 0 Å². The number of pyridine rings is 1. The lowest BCUT2D eigenvalue weighted by molar-refractivity contribution is -0.385. The van der Waals surface area contributed by atoms with Crippen molar-refractivity contribution >= 4 is 22.6 Å². The van der Waals surface area contributed by atoms with Gasteiger partial charge in [-0.25, -0.2) is 4.79 Å². The van der Waals surface area contributed by atoms with Gasteiger partial charge in [0.05, 0.1) is 24.7 Å². The highest BCUT2D eigenvalue weighted by Gasteiger charge is 2.16. The van der Waals surface area contributed by atoms with E-state index in [-0.39, 0.29) is 22.5 Å². The minimum absolute atomic E-state index is 0.178. The summed E-state index contributed by atoms with van der Waals surface area (Å²) in [5, 5.41) is 29.3. The maximum atomic E-state index is 10.6. The van der Waals surface area contributed by atoms with Crippen LogP contribution in [0.1, 0.15) is 10.4 Å². The fourth-order valence-electron chi connectivity index (χ4n) is 2.24. The van der Waals surface area contributed by atoms with Gasteiger partial charge in [0.1, 0.15) is 5.52 Å². The largest absolute Gasteiger partial charge is 0.501 e. The van der Waals surface area contributed by atoms with Crippen LogP contribution in [-0.4, -0.2) is 40.3 Å². The van der Waals surface area contributed by atoms with E-state index >= 15 is 0 Å². The lowest BCUT2D eigenvalue weighted by atomic mass is 10.2. The number of aromatic nitrogens is 1. The van der Waals surface area contributed by atoms with Gasteiger partial charge >= 0.3 is 11.7 Å². The van der Waals surface area contributed by atoms with E-state index in [2.05, 4.69) is 4.98 Å². The Labute approximate surface area is 153 Å². The Morgan fingerprint density at radius 1 is 1.11 bits per heavy atom. The van der Waals surface area contributed by atoms with E-state index in [4.69, 9.17) is 14.6 Å². The van der Waals surface area contributed by atoms with Gasteiger partial charge in [0, 0.05) is 17.6 Å². The second-order valence-corrected chi connectivity index (χ2v) is 5.14. The molecule has 0 bridgehead atoms. The summed E-state index contributed by atoms with van der Waals surface area (Å²) < 4.78 is 9.89. The average Bonchev–Trinajstić information content (AvgIpc) is 2.68. The number of nitro groups is 1. The molecule has 0 saturated carbocycles. The first kappa shape index (κ1) is 19.4. The number of aromatic carboxylic acids is 1. The maximum absolute atomic E-state index is 10.6. The van der Waals surface area contributed by atoms with Crippen LogP contribution in [0.15, 0.2) is 48.7 Å². The monoisotopic (exact) mass is 372 g/mol. The number of phenols is 1. The predicted octanol–water partition coefficient (Wildman–Crippen LogP) is 3.25. The smallest absolute Gasteiger partial charge is 0.335 e. The molecule has 3 rings (SSSR count). The van der Waals surface area contributed by atoms with Crippen LogP contribution in [0.2, 0.25) is 0 Å². The number of hydrogen-bond acceptors (Lipinski definition) is 7. The van der Waals surface area contributed by atoms with E-state index in [0.717, 1.165) is 0 Å². The zero-order valence-corrected chi connectivity index (χ0v) is 14.4. The molecule has 0 aliphatic carbocycles. The number of hydrogen-bond donors (Lipinski definition) is 2. The summed E-state index contributed by atoms with van der Waals surface area (Å²) in [5.41, 5.74) is 0.107. The second-order valence-electron chi connectivity index (χ2n) is 5.14. The summed E-state index contributed by atoms with van der Waals surface area (Å²) in [6.45, 7) is 0. The van der Waals surface area contributed by atoms with Crippen molar-refractivity contribution in [1.82, 2.24) is 4.98 Å². The minimum Gasteiger partial charge on any atom is -0.501 e. The Kier molecular flexibility index (Phi) is 6.10. The molecule has 140 valence electrons. The highest BCUT2D eigenvalue weighted by Crippen LogP contribution is 2.32. The van der Waals surface area contributed by atoms with Crippen LogP contribution in [0.5, 0.6) is 17.2 Å². The molecule has 0 unspecified atom stereocenters. The van der Waals surface area contributed by atoms with Gasteiger partial charge in [0.15, 0.2) is 11.5 Å². The van der Waals surface area contributed by atoms with Crippen LogP contribution in [0, 0.1) is 10.1 Å².